The second-order valence-electron chi connectivity index (χ2n) is 7.46. The number of rotatable bonds is 4. The second kappa shape index (κ2) is 7.48. The van der Waals surface area contributed by atoms with Crippen LogP contribution < -0.4 is 5.32 Å². The van der Waals surface area contributed by atoms with Gasteiger partial charge >= 0.3 is 0 Å². The molecule has 0 aliphatic heterocycles. The van der Waals surface area contributed by atoms with Crippen LogP contribution in [0.4, 0.5) is 0 Å². The van der Waals surface area contributed by atoms with Gasteiger partial charge in [0, 0.05) is 12.1 Å². The van der Waals surface area contributed by atoms with Crippen LogP contribution in [0.3, 0.4) is 0 Å². The summed E-state index contributed by atoms with van der Waals surface area (Å²) in [5.41, 5.74) is 2.87. The van der Waals surface area contributed by atoms with Gasteiger partial charge in [-0.2, -0.15) is 0 Å². The van der Waals surface area contributed by atoms with Crippen LogP contribution in [0.5, 0.6) is 0 Å². The predicted molar refractivity (Wildman–Crippen MR) is 94.3 cm³/mol. The highest BCUT2D eigenvalue weighted by molar-refractivity contribution is 5.78. The van der Waals surface area contributed by atoms with Crippen molar-refractivity contribution < 1.29 is 4.79 Å². The summed E-state index contributed by atoms with van der Waals surface area (Å²) < 4.78 is 0. The highest BCUT2D eigenvalue weighted by atomic mass is 16.2. The minimum absolute atomic E-state index is 0.189. The van der Waals surface area contributed by atoms with Crippen LogP contribution in [0.1, 0.15) is 62.6 Å². The summed E-state index contributed by atoms with van der Waals surface area (Å²) in [6, 6.07) is 9.47. The molecule has 3 atom stereocenters. The van der Waals surface area contributed by atoms with E-state index >= 15 is 0 Å². The molecule has 1 amide bonds. The van der Waals surface area contributed by atoms with Crippen molar-refractivity contribution in [3.63, 3.8) is 0 Å². The largest absolute Gasteiger partial charge is 0.352 e. The maximum Gasteiger partial charge on any atom is 0.234 e. The summed E-state index contributed by atoms with van der Waals surface area (Å²) in [7, 11) is 2.09. The number of carbonyl (C=O) groups excluding carboxylic acids is 1. The number of nitrogens with zero attached hydrogens (tertiary/aromatic N) is 1. The third-order valence-electron chi connectivity index (χ3n) is 5.72. The number of carbonyl (C=O) groups is 1. The molecule has 3 heteroatoms. The van der Waals surface area contributed by atoms with Crippen LogP contribution in [-0.4, -0.2) is 30.4 Å². The highest BCUT2D eigenvalue weighted by Crippen LogP contribution is 2.33. The third kappa shape index (κ3) is 3.95. The molecule has 2 aliphatic carbocycles. The third-order valence-corrected chi connectivity index (χ3v) is 5.72. The van der Waals surface area contributed by atoms with Gasteiger partial charge in [0.05, 0.1) is 6.54 Å². The summed E-state index contributed by atoms with van der Waals surface area (Å²) in [4.78, 5) is 14.7. The van der Waals surface area contributed by atoms with Crippen molar-refractivity contribution in [2.75, 3.05) is 13.6 Å². The van der Waals surface area contributed by atoms with Gasteiger partial charge < -0.3 is 5.32 Å². The summed E-state index contributed by atoms with van der Waals surface area (Å²) in [5.74, 6) is 0.808. The van der Waals surface area contributed by atoms with Gasteiger partial charge in [0.1, 0.15) is 0 Å². The van der Waals surface area contributed by atoms with Gasteiger partial charge in [-0.15, -0.1) is 0 Å². The van der Waals surface area contributed by atoms with Crippen molar-refractivity contribution in [2.45, 2.75) is 64.0 Å². The number of fused-ring (bicyclic) bond motifs is 1. The molecule has 0 heterocycles. The number of aryl methyl sites for hydroxylation is 1. The van der Waals surface area contributed by atoms with Crippen LogP contribution in [-0.2, 0) is 11.2 Å². The topological polar surface area (TPSA) is 32.3 Å². The van der Waals surface area contributed by atoms with Gasteiger partial charge in [0.25, 0.3) is 0 Å². The number of benzene rings is 1. The van der Waals surface area contributed by atoms with E-state index < -0.39 is 0 Å². The van der Waals surface area contributed by atoms with Crippen molar-refractivity contribution >= 4 is 5.91 Å². The molecule has 2 aliphatic rings. The van der Waals surface area contributed by atoms with Crippen molar-refractivity contribution in [1.82, 2.24) is 10.2 Å². The van der Waals surface area contributed by atoms with Crippen molar-refractivity contribution in [2.24, 2.45) is 5.92 Å². The van der Waals surface area contributed by atoms with E-state index in [1.165, 1.54) is 43.2 Å². The first-order valence-electron chi connectivity index (χ1n) is 9.22. The smallest absolute Gasteiger partial charge is 0.234 e. The molecule has 0 saturated heterocycles. The molecule has 3 nitrogen and oxygen atoms in total. The maximum atomic E-state index is 12.5. The number of likely N-dealkylation sites (N-methyl/N-ethyl adjacent to an activating group) is 1. The Kier molecular flexibility index (Phi) is 5.37. The molecule has 3 rings (SSSR count). The number of nitrogens with one attached hydrogen (secondary N) is 1. The molecular weight excluding hydrogens is 284 g/mol. The van der Waals surface area contributed by atoms with Crippen molar-refractivity contribution in [3.8, 4) is 0 Å². The van der Waals surface area contributed by atoms with E-state index in [-0.39, 0.29) is 5.91 Å². The summed E-state index contributed by atoms with van der Waals surface area (Å²) in [6.45, 7) is 2.77. The molecule has 126 valence electrons. The SMILES string of the molecule is C[C@@H]1CCCC[C@@H]1NC(=O)CN(C)[C@@H]1CCCc2ccccc21. The van der Waals surface area contributed by atoms with E-state index in [2.05, 4.69) is 48.5 Å². The molecule has 1 fully saturated rings. The van der Waals surface area contributed by atoms with Gasteiger partial charge in [0.15, 0.2) is 0 Å². The average molecular weight is 314 g/mol. The Balaban J connectivity index is 1.59. The Morgan fingerprint density at radius 2 is 1.96 bits per heavy atom. The first-order valence-corrected chi connectivity index (χ1v) is 9.22. The fourth-order valence-electron chi connectivity index (χ4n) is 4.31. The van der Waals surface area contributed by atoms with E-state index in [1.807, 2.05) is 0 Å². The van der Waals surface area contributed by atoms with Gasteiger partial charge in [-0.05, 0) is 56.2 Å². The first-order chi connectivity index (χ1) is 11.1. The van der Waals surface area contributed by atoms with Crippen molar-refractivity contribution in [3.05, 3.63) is 35.4 Å². The Labute approximate surface area is 140 Å². The lowest BCUT2D eigenvalue weighted by atomic mass is 9.86. The fourth-order valence-corrected chi connectivity index (χ4v) is 4.31. The molecule has 0 bridgehead atoms. The number of hydrogen-bond acceptors (Lipinski definition) is 2. The van der Waals surface area contributed by atoms with Gasteiger partial charge in [0.2, 0.25) is 5.91 Å². The quantitative estimate of drug-likeness (QED) is 0.919. The standard InChI is InChI=1S/C20H30N2O/c1-15-8-3-6-12-18(15)21-20(23)14-22(2)19-13-7-10-16-9-4-5-11-17(16)19/h4-5,9,11,15,18-19H,3,6-8,10,12-14H2,1-2H3,(H,21,23)/t15-,18+,19-/m1/s1. The van der Waals surface area contributed by atoms with Crippen LogP contribution in [0.15, 0.2) is 24.3 Å². The maximum absolute atomic E-state index is 12.5. The van der Waals surface area contributed by atoms with E-state index in [0.717, 1.165) is 12.8 Å². The van der Waals surface area contributed by atoms with E-state index in [1.54, 1.807) is 0 Å². The lowest BCUT2D eigenvalue weighted by molar-refractivity contribution is -0.123. The molecule has 1 saturated carbocycles. The molecule has 0 radical (unpaired) electrons. The fraction of sp³-hybridized carbons (Fsp3) is 0.650. The zero-order chi connectivity index (χ0) is 16.2. The molecule has 23 heavy (non-hydrogen) atoms. The van der Waals surface area contributed by atoms with Gasteiger partial charge in [-0.25, -0.2) is 0 Å². The second-order valence-corrected chi connectivity index (χ2v) is 7.46. The Bertz CT molecular complexity index is 542. The molecule has 1 aromatic rings. The Hall–Kier alpha value is -1.35. The summed E-state index contributed by atoms with van der Waals surface area (Å²) >= 11 is 0. The van der Waals surface area contributed by atoms with Gasteiger partial charge in [-0.3, -0.25) is 9.69 Å². The minimum atomic E-state index is 0.189. The van der Waals surface area contributed by atoms with Crippen LogP contribution in [0.2, 0.25) is 0 Å². The predicted octanol–water partition coefficient (Wildman–Crippen LogP) is 3.69. The van der Waals surface area contributed by atoms with Gasteiger partial charge in [-0.1, -0.05) is 44.0 Å². The van der Waals surface area contributed by atoms with E-state index in [9.17, 15) is 4.79 Å². The van der Waals surface area contributed by atoms with Crippen LogP contribution >= 0.6 is 0 Å². The highest BCUT2D eigenvalue weighted by Gasteiger charge is 2.27. The van der Waals surface area contributed by atoms with E-state index in [4.69, 9.17) is 0 Å². The summed E-state index contributed by atoms with van der Waals surface area (Å²) in [5, 5.41) is 3.28. The lowest BCUT2D eigenvalue weighted by Gasteiger charge is -2.34. The molecule has 1 aromatic carbocycles. The zero-order valence-electron chi connectivity index (χ0n) is 14.6. The minimum Gasteiger partial charge on any atom is -0.352 e. The van der Waals surface area contributed by atoms with E-state index in [0.29, 0.717) is 24.5 Å². The lowest BCUT2D eigenvalue weighted by Crippen LogP contribution is -2.45. The monoisotopic (exact) mass is 314 g/mol. The Morgan fingerprint density at radius 3 is 2.78 bits per heavy atom. The van der Waals surface area contributed by atoms with Crippen LogP contribution in [0.25, 0.3) is 0 Å². The number of hydrogen-bond donors (Lipinski definition) is 1. The molecule has 0 unspecified atom stereocenters. The normalized spacial score (nSPS) is 27.5. The molecular formula is C20H30N2O. The molecule has 0 aromatic heterocycles. The Morgan fingerprint density at radius 1 is 1.17 bits per heavy atom. The first kappa shape index (κ1) is 16.5. The zero-order valence-corrected chi connectivity index (χ0v) is 14.6. The van der Waals surface area contributed by atoms with Crippen LogP contribution in [0, 0.1) is 5.92 Å². The molecule has 0 spiro atoms. The summed E-state index contributed by atoms with van der Waals surface area (Å²) in [6.07, 6.45) is 8.49. The molecule has 1 N–H and O–H groups in total. The number of amides is 1. The van der Waals surface area contributed by atoms with Crippen molar-refractivity contribution in [1.29, 1.82) is 0 Å². The average Bonchev–Trinajstić information content (AvgIpc) is 2.56.